The highest BCUT2D eigenvalue weighted by Crippen LogP contribution is 2.19. The first-order valence-electron chi connectivity index (χ1n) is 6.62. The molecule has 116 valence electrons. The number of pyridine rings is 1. The van der Waals surface area contributed by atoms with Crippen LogP contribution in [-0.2, 0) is 0 Å². The Balaban J connectivity index is 0.00000220. The molecule has 0 fully saturated rings. The standard InChI is InChI=1S/C14H20N4O2.ClH/c1-8(2)14(4,7-15)17-12(19)10-5-11-9(3)18-20-13(11)16-6-10;/h5-6,8H,7,15H2,1-4H3,(H,17,19);1H. The third kappa shape index (κ3) is 3.33. The van der Waals surface area contributed by atoms with Gasteiger partial charge in [-0.25, -0.2) is 4.98 Å². The minimum Gasteiger partial charge on any atom is -0.345 e. The molecule has 2 aromatic rings. The molecule has 1 unspecified atom stereocenters. The molecular weight excluding hydrogens is 292 g/mol. The van der Waals surface area contributed by atoms with Crippen molar-refractivity contribution < 1.29 is 9.32 Å². The summed E-state index contributed by atoms with van der Waals surface area (Å²) in [6.45, 7) is 8.18. The van der Waals surface area contributed by atoms with Crippen molar-refractivity contribution in [1.29, 1.82) is 0 Å². The number of nitrogens with zero attached hydrogens (tertiary/aromatic N) is 2. The van der Waals surface area contributed by atoms with Crippen LogP contribution in [0.5, 0.6) is 0 Å². The SMILES string of the molecule is Cc1noc2ncc(C(=O)NC(C)(CN)C(C)C)cc12.Cl. The number of aryl methyl sites for hydroxylation is 1. The van der Waals surface area contributed by atoms with Crippen LogP contribution >= 0.6 is 12.4 Å². The van der Waals surface area contributed by atoms with E-state index in [2.05, 4.69) is 15.5 Å². The van der Waals surface area contributed by atoms with Crippen molar-refractivity contribution in [3.63, 3.8) is 0 Å². The quantitative estimate of drug-likeness (QED) is 0.901. The maximum Gasteiger partial charge on any atom is 0.257 e. The van der Waals surface area contributed by atoms with Crippen LogP contribution in [0.1, 0.15) is 36.8 Å². The van der Waals surface area contributed by atoms with Gasteiger partial charge >= 0.3 is 0 Å². The Bertz CT molecular complexity index is 641. The number of rotatable bonds is 4. The van der Waals surface area contributed by atoms with Crippen LogP contribution < -0.4 is 11.1 Å². The van der Waals surface area contributed by atoms with Gasteiger partial charge in [-0.3, -0.25) is 4.79 Å². The second-order valence-electron chi connectivity index (χ2n) is 5.58. The van der Waals surface area contributed by atoms with Gasteiger partial charge in [0, 0.05) is 12.7 Å². The Hall–Kier alpha value is -1.66. The Morgan fingerprint density at radius 3 is 2.76 bits per heavy atom. The fraction of sp³-hybridized carbons (Fsp3) is 0.500. The number of aromatic nitrogens is 2. The molecular formula is C14H21ClN4O2. The van der Waals surface area contributed by atoms with E-state index in [-0.39, 0.29) is 24.2 Å². The minimum atomic E-state index is -0.449. The fourth-order valence-electron chi connectivity index (χ4n) is 1.83. The second-order valence-corrected chi connectivity index (χ2v) is 5.58. The van der Waals surface area contributed by atoms with E-state index in [1.807, 2.05) is 27.7 Å². The lowest BCUT2D eigenvalue weighted by atomic mass is 9.88. The molecule has 0 bridgehead atoms. The molecule has 7 heteroatoms. The maximum atomic E-state index is 12.3. The average Bonchev–Trinajstić information content (AvgIpc) is 2.79. The monoisotopic (exact) mass is 312 g/mol. The average molecular weight is 313 g/mol. The first-order valence-corrected chi connectivity index (χ1v) is 6.62. The van der Waals surface area contributed by atoms with Crippen molar-refractivity contribution in [3.05, 3.63) is 23.5 Å². The molecule has 2 heterocycles. The summed E-state index contributed by atoms with van der Waals surface area (Å²) >= 11 is 0. The molecule has 0 aliphatic heterocycles. The lowest BCUT2D eigenvalue weighted by molar-refractivity contribution is 0.0883. The number of hydrogen-bond acceptors (Lipinski definition) is 5. The number of carbonyl (C=O) groups excluding carboxylic acids is 1. The molecule has 3 N–H and O–H groups in total. The highest BCUT2D eigenvalue weighted by Gasteiger charge is 2.29. The van der Waals surface area contributed by atoms with Crippen LogP contribution in [0.3, 0.4) is 0 Å². The third-order valence-electron chi connectivity index (χ3n) is 3.87. The van der Waals surface area contributed by atoms with E-state index in [9.17, 15) is 4.79 Å². The Morgan fingerprint density at radius 2 is 2.19 bits per heavy atom. The molecule has 0 saturated heterocycles. The van der Waals surface area contributed by atoms with E-state index in [1.54, 1.807) is 6.07 Å². The molecule has 0 aromatic carbocycles. The molecule has 2 rings (SSSR count). The van der Waals surface area contributed by atoms with Crippen molar-refractivity contribution >= 4 is 29.4 Å². The van der Waals surface area contributed by atoms with Gasteiger partial charge in [0.15, 0.2) is 0 Å². The van der Waals surface area contributed by atoms with E-state index in [1.165, 1.54) is 6.20 Å². The van der Waals surface area contributed by atoms with Gasteiger partial charge in [-0.05, 0) is 25.8 Å². The number of amides is 1. The van der Waals surface area contributed by atoms with Crippen LogP contribution in [0, 0.1) is 12.8 Å². The number of halogens is 1. The molecule has 1 atom stereocenters. The third-order valence-corrected chi connectivity index (χ3v) is 3.87. The molecule has 2 aromatic heterocycles. The zero-order valence-corrected chi connectivity index (χ0v) is 13.5. The molecule has 0 aliphatic rings. The van der Waals surface area contributed by atoms with Gasteiger partial charge in [-0.1, -0.05) is 19.0 Å². The molecule has 0 radical (unpaired) electrons. The minimum absolute atomic E-state index is 0. The van der Waals surface area contributed by atoms with Gasteiger partial charge in [-0.15, -0.1) is 12.4 Å². The van der Waals surface area contributed by atoms with Crippen molar-refractivity contribution in [1.82, 2.24) is 15.5 Å². The Kier molecular flexibility index (Phi) is 5.31. The van der Waals surface area contributed by atoms with Gasteiger partial charge in [0.05, 0.1) is 22.2 Å². The maximum absolute atomic E-state index is 12.3. The van der Waals surface area contributed by atoms with E-state index >= 15 is 0 Å². The van der Waals surface area contributed by atoms with Gasteiger partial charge in [-0.2, -0.15) is 0 Å². The highest BCUT2D eigenvalue weighted by atomic mass is 35.5. The lowest BCUT2D eigenvalue weighted by Crippen LogP contribution is -2.55. The number of nitrogens with one attached hydrogen (secondary N) is 1. The van der Waals surface area contributed by atoms with Crippen molar-refractivity contribution in [3.8, 4) is 0 Å². The van der Waals surface area contributed by atoms with Crippen LogP contribution in [0.4, 0.5) is 0 Å². The van der Waals surface area contributed by atoms with Gasteiger partial charge in [0.25, 0.3) is 11.6 Å². The largest absolute Gasteiger partial charge is 0.345 e. The molecule has 6 nitrogen and oxygen atoms in total. The van der Waals surface area contributed by atoms with Crippen LogP contribution in [0.25, 0.3) is 11.1 Å². The molecule has 0 spiro atoms. The van der Waals surface area contributed by atoms with Crippen molar-refractivity contribution in [2.75, 3.05) is 6.54 Å². The molecule has 0 aliphatic carbocycles. The highest BCUT2D eigenvalue weighted by molar-refractivity contribution is 5.97. The summed E-state index contributed by atoms with van der Waals surface area (Å²) < 4.78 is 5.03. The summed E-state index contributed by atoms with van der Waals surface area (Å²) in [6.07, 6.45) is 1.49. The summed E-state index contributed by atoms with van der Waals surface area (Å²) in [6, 6.07) is 1.74. The first kappa shape index (κ1) is 17.4. The Morgan fingerprint density at radius 1 is 1.52 bits per heavy atom. The molecule has 21 heavy (non-hydrogen) atoms. The van der Waals surface area contributed by atoms with E-state index in [0.29, 0.717) is 23.5 Å². The van der Waals surface area contributed by atoms with Crippen molar-refractivity contribution in [2.24, 2.45) is 11.7 Å². The zero-order chi connectivity index (χ0) is 14.9. The Labute approximate surface area is 129 Å². The normalized spacial score (nSPS) is 13.8. The number of fused-ring (bicyclic) bond motifs is 1. The van der Waals surface area contributed by atoms with E-state index in [0.717, 1.165) is 5.39 Å². The summed E-state index contributed by atoms with van der Waals surface area (Å²) in [4.78, 5) is 16.4. The number of nitrogens with two attached hydrogens (primary N) is 1. The summed E-state index contributed by atoms with van der Waals surface area (Å²) in [5.41, 5.74) is 6.95. The van der Waals surface area contributed by atoms with Gasteiger partial charge < -0.3 is 15.6 Å². The smallest absolute Gasteiger partial charge is 0.257 e. The second kappa shape index (κ2) is 6.41. The van der Waals surface area contributed by atoms with Gasteiger partial charge in [0.1, 0.15) is 0 Å². The van der Waals surface area contributed by atoms with Crippen LogP contribution in [0.15, 0.2) is 16.8 Å². The summed E-state index contributed by atoms with van der Waals surface area (Å²) in [5.74, 6) is 0.0344. The van der Waals surface area contributed by atoms with Gasteiger partial charge in [0.2, 0.25) is 0 Å². The predicted octanol–water partition coefficient (Wildman–Crippen LogP) is 2.06. The van der Waals surface area contributed by atoms with Crippen LogP contribution in [-0.4, -0.2) is 28.1 Å². The zero-order valence-electron chi connectivity index (χ0n) is 12.6. The predicted molar refractivity (Wildman–Crippen MR) is 83.6 cm³/mol. The van der Waals surface area contributed by atoms with E-state index in [4.69, 9.17) is 10.3 Å². The van der Waals surface area contributed by atoms with E-state index < -0.39 is 5.54 Å². The van der Waals surface area contributed by atoms with Crippen molar-refractivity contribution in [2.45, 2.75) is 33.2 Å². The summed E-state index contributed by atoms with van der Waals surface area (Å²) in [7, 11) is 0. The molecule has 0 saturated carbocycles. The topological polar surface area (TPSA) is 94.0 Å². The fourth-order valence-corrected chi connectivity index (χ4v) is 1.83. The summed E-state index contributed by atoms with van der Waals surface area (Å²) in [5, 5.41) is 7.55. The number of hydrogen-bond donors (Lipinski definition) is 2. The number of carbonyl (C=O) groups is 1. The van der Waals surface area contributed by atoms with Crippen LogP contribution in [0.2, 0.25) is 0 Å². The molecule has 1 amide bonds. The lowest BCUT2D eigenvalue weighted by Gasteiger charge is -2.33. The first-order chi connectivity index (χ1) is 9.37.